The van der Waals surface area contributed by atoms with Crippen molar-refractivity contribution in [2.24, 2.45) is 5.41 Å². The van der Waals surface area contributed by atoms with Crippen LogP contribution in [0.1, 0.15) is 215 Å². The number of nitrogens with zero attached hydrogens (tertiary/aromatic N) is 1. The molecule has 0 rings (SSSR count). The van der Waals surface area contributed by atoms with Crippen LogP contribution in [0.4, 0.5) is 0 Å². The second-order valence-electron chi connectivity index (χ2n) is 16.8. The minimum Gasteiger partial charge on any atom is -0.304 e. The first-order valence-corrected chi connectivity index (χ1v) is 24.1. The third-order valence-electron chi connectivity index (χ3n) is 10.2. The Morgan fingerprint density at radius 1 is 0.480 bits per heavy atom. The maximum atomic E-state index is 2.48. The summed E-state index contributed by atoms with van der Waals surface area (Å²) >= 11 is 0. The zero-order chi connectivity index (χ0) is 37.0. The first-order valence-electron chi connectivity index (χ1n) is 21.7. The molecule has 0 amide bonds. The molecule has 0 heterocycles. The Bertz CT molecular complexity index is 773. The minimum absolute atomic E-state index is 0.247. The van der Waals surface area contributed by atoms with Crippen molar-refractivity contribution < 1.29 is 0 Å². The van der Waals surface area contributed by atoms with Crippen LogP contribution in [0.2, 0.25) is 0 Å². The minimum atomic E-state index is 0.247. The van der Waals surface area contributed by atoms with Crippen molar-refractivity contribution in [2.75, 3.05) is 19.8 Å². The van der Waals surface area contributed by atoms with E-state index < -0.39 is 0 Å². The van der Waals surface area contributed by atoms with Crippen molar-refractivity contribution in [2.45, 2.75) is 226 Å². The van der Waals surface area contributed by atoms with Crippen LogP contribution >= 0.6 is 21.6 Å². The van der Waals surface area contributed by atoms with E-state index in [0.29, 0.717) is 5.41 Å². The normalized spacial score (nSPS) is 13.2. The fourth-order valence-electron chi connectivity index (χ4n) is 6.63. The van der Waals surface area contributed by atoms with Gasteiger partial charge < -0.3 is 4.90 Å². The van der Waals surface area contributed by atoms with E-state index in [1.165, 1.54) is 166 Å². The van der Waals surface area contributed by atoms with Crippen LogP contribution in [0.5, 0.6) is 0 Å². The number of rotatable bonds is 37. The topological polar surface area (TPSA) is 3.24 Å². The molecule has 294 valence electrons. The highest BCUT2D eigenvalue weighted by atomic mass is 33.1. The summed E-state index contributed by atoms with van der Waals surface area (Å²) in [6.07, 6.45) is 55.3. The van der Waals surface area contributed by atoms with Gasteiger partial charge in [-0.15, -0.1) is 0 Å². The third-order valence-corrected chi connectivity index (χ3v) is 13.6. The highest BCUT2D eigenvalue weighted by molar-refractivity contribution is 8.76. The molecule has 1 nitrogen and oxygen atoms in total. The van der Waals surface area contributed by atoms with E-state index in [1.807, 2.05) is 0 Å². The van der Waals surface area contributed by atoms with Gasteiger partial charge in [-0.1, -0.05) is 188 Å². The van der Waals surface area contributed by atoms with Gasteiger partial charge in [0, 0.05) is 16.5 Å². The lowest BCUT2D eigenvalue weighted by Crippen LogP contribution is -2.42. The first kappa shape index (κ1) is 49.6. The molecule has 0 N–H and O–H groups in total. The van der Waals surface area contributed by atoms with Crippen molar-refractivity contribution in [3.8, 4) is 0 Å². The Labute approximate surface area is 324 Å². The van der Waals surface area contributed by atoms with Gasteiger partial charge in [0.2, 0.25) is 0 Å². The van der Waals surface area contributed by atoms with E-state index in [4.69, 9.17) is 0 Å². The standard InChI is InChI=1S/C47H89NS2/c1-9-11-13-15-17-19-21-23-25-27-29-31-33-35-37-39-41-45(50-49-44-46(3,4)43-47(5,6)48(7)8)42-40-38-36-34-32-30-28-26-24-22-20-18-16-14-12-10-2/h17-20,23-26,45H,9-16,21-22,27-44H2,1-8H3/b19-17-,20-18-,25-23-,26-24-. The van der Waals surface area contributed by atoms with Gasteiger partial charge in [-0.3, -0.25) is 0 Å². The molecule has 0 aromatic heterocycles. The van der Waals surface area contributed by atoms with Crippen molar-refractivity contribution in [3.05, 3.63) is 48.6 Å². The Balaban J connectivity index is 4.29. The number of hydrogen-bond acceptors (Lipinski definition) is 3. The molecule has 0 aromatic rings. The van der Waals surface area contributed by atoms with E-state index in [1.54, 1.807) is 0 Å². The summed E-state index contributed by atoms with van der Waals surface area (Å²) in [5.41, 5.74) is 0.604. The Morgan fingerprint density at radius 2 is 0.840 bits per heavy atom. The summed E-state index contributed by atoms with van der Waals surface area (Å²) in [4.78, 5) is 2.40. The molecule has 0 atom stereocenters. The molecule has 0 aliphatic carbocycles. The lowest BCUT2D eigenvalue weighted by Gasteiger charge is -2.39. The molecule has 0 saturated carbocycles. The Morgan fingerprint density at radius 3 is 1.22 bits per heavy atom. The summed E-state index contributed by atoms with van der Waals surface area (Å²) in [5.74, 6) is 1.25. The zero-order valence-electron chi connectivity index (χ0n) is 35.3. The average molecular weight is 732 g/mol. The van der Waals surface area contributed by atoms with Gasteiger partial charge >= 0.3 is 0 Å². The first-order chi connectivity index (χ1) is 24.1. The van der Waals surface area contributed by atoms with Crippen LogP contribution in [0, 0.1) is 5.41 Å². The van der Waals surface area contributed by atoms with Crippen molar-refractivity contribution in [1.82, 2.24) is 4.90 Å². The fraction of sp³-hybridized carbons (Fsp3) is 0.830. The fourth-order valence-corrected chi connectivity index (χ4v) is 10.2. The second kappa shape index (κ2) is 35.6. The highest BCUT2D eigenvalue weighted by Crippen LogP contribution is 2.40. The molecular formula is C47H89NS2. The second-order valence-corrected chi connectivity index (χ2v) is 19.4. The van der Waals surface area contributed by atoms with Gasteiger partial charge in [-0.2, -0.15) is 0 Å². The van der Waals surface area contributed by atoms with Crippen LogP contribution in [0.3, 0.4) is 0 Å². The predicted octanol–water partition coefficient (Wildman–Crippen LogP) is 16.9. The quantitative estimate of drug-likeness (QED) is 0.0356. The number of allylic oxidation sites excluding steroid dienone is 8. The van der Waals surface area contributed by atoms with Crippen molar-refractivity contribution >= 4 is 21.6 Å². The zero-order valence-corrected chi connectivity index (χ0v) is 36.9. The molecule has 0 aromatic carbocycles. The SMILES string of the molecule is CCCCC/C=C\C/C=C\CCCCCCCCC(CCCCCCCC/C=C\C/C=C\CCCCC)SSCC(C)(C)CC(C)(C)N(C)C. The van der Waals surface area contributed by atoms with Crippen LogP contribution in [0.15, 0.2) is 48.6 Å². The van der Waals surface area contributed by atoms with Gasteiger partial charge in [0.15, 0.2) is 0 Å². The van der Waals surface area contributed by atoms with Gasteiger partial charge in [0.05, 0.1) is 0 Å². The molecule has 0 unspecified atom stereocenters. The van der Waals surface area contributed by atoms with E-state index in [9.17, 15) is 0 Å². The summed E-state index contributed by atoms with van der Waals surface area (Å²) in [7, 11) is 8.87. The van der Waals surface area contributed by atoms with E-state index >= 15 is 0 Å². The van der Waals surface area contributed by atoms with Crippen LogP contribution in [0.25, 0.3) is 0 Å². The van der Waals surface area contributed by atoms with Crippen LogP contribution in [-0.2, 0) is 0 Å². The molecule has 0 saturated heterocycles. The lowest BCUT2D eigenvalue weighted by molar-refractivity contribution is 0.132. The Kier molecular flexibility index (Phi) is 35.4. The molecule has 0 spiro atoms. The van der Waals surface area contributed by atoms with Crippen LogP contribution in [-0.4, -0.2) is 35.5 Å². The summed E-state index contributed by atoms with van der Waals surface area (Å²) in [6.45, 7) is 14.3. The monoisotopic (exact) mass is 732 g/mol. The molecular weight excluding hydrogens is 643 g/mol. The summed E-state index contributed by atoms with van der Waals surface area (Å²) in [5, 5.41) is 0.828. The largest absolute Gasteiger partial charge is 0.304 e. The van der Waals surface area contributed by atoms with Crippen LogP contribution < -0.4 is 0 Å². The summed E-state index contributed by atoms with van der Waals surface area (Å²) in [6, 6.07) is 0. The van der Waals surface area contributed by atoms with Gasteiger partial charge in [-0.05, 0) is 117 Å². The highest BCUT2D eigenvalue weighted by Gasteiger charge is 2.30. The third kappa shape index (κ3) is 34.7. The maximum absolute atomic E-state index is 2.48. The van der Waals surface area contributed by atoms with Crippen molar-refractivity contribution in [3.63, 3.8) is 0 Å². The predicted molar refractivity (Wildman–Crippen MR) is 238 cm³/mol. The smallest absolute Gasteiger partial charge is 0.0152 e. The van der Waals surface area contributed by atoms with E-state index in [2.05, 4.69) is 131 Å². The molecule has 0 aliphatic heterocycles. The molecule has 0 aliphatic rings. The number of unbranched alkanes of at least 4 members (excludes halogenated alkanes) is 18. The Hall–Kier alpha value is -0.380. The maximum Gasteiger partial charge on any atom is 0.0152 e. The molecule has 0 fully saturated rings. The van der Waals surface area contributed by atoms with Gasteiger partial charge in [-0.25, -0.2) is 0 Å². The van der Waals surface area contributed by atoms with E-state index in [-0.39, 0.29) is 5.54 Å². The average Bonchev–Trinajstić information content (AvgIpc) is 3.06. The number of hydrogen-bond donors (Lipinski definition) is 0. The molecule has 0 radical (unpaired) electrons. The van der Waals surface area contributed by atoms with E-state index in [0.717, 1.165) is 18.1 Å². The summed E-state index contributed by atoms with van der Waals surface area (Å²) < 4.78 is 0. The molecule has 0 bridgehead atoms. The lowest BCUT2D eigenvalue weighted by atomic mass is 9.81. The van der Waals surface area contributed by atoms with Gasteiger partial charge in [0.1, 0.15) is 0 Å². The van der Waals surface area contributed by atoms with Crippen molar-refractivity contribution in [1.29, 1.82) is 0 Å². The molecule has 50 heavy (non-hydrogen) atoms. The van der Waals surface area contributed by atoms with Gasteiger partial charge in [0.25, 0.3) is 0 Å². The molecule has 3 heteroatoms.